The molecule has 0 aliphatic heterocycles. The summed E-state index contributed by atoms with van der Waals surface area (Å²) < 4.78 is 55.7. The Balaban J connectivity index is 1.90. The van der Waals surface area contributed by atoms with Crippen molar-refractivity contribution in [2.75, 3.05) is 0 Å². The second kappa shape index (κ2) is 5.38. The first kappa shape index (κ1) is 14.8. The predicted molar refractivity (Wildman–Crippen MR) is 79.4 cm³/mol. The van der Waals surface area contributed by atoms with Crippen molar-refractivity contribution in [1.82, 2.24) is 19.8 Å². The van der Waals surface area contributed by atoms with Crippen LogP contribution in [0.3, 0.4) is 0 Å². The molecule has 4 rings (SSSR count). The Morgan fingerprint density at radius 1 is 0.792 bits per heavy atom. The molecule has 0 unspecified atom stereocenters. The van der Waals surface area contributed by atoms with Gasteiger partial charge in [0, 0.05) is 0 Å². The van der Waals surface area contributed by atoms with Crippen molar-refractivity contribution in [2.24, 2.45) is 0 Å². The smallest absolute Gasteiger partial charge is 0.207 e. The highest BCUT2D eigenvalue weighted by atomic mass is 32.1. The number of rotatable bonds is 2. The van der Waals surface area contributed by atoms with Crippen molar-refractivity contribution in [1.29, 1.82) is 0 Å². The fourth-order valence-electron chi connectivity index (χ4n) is 2.22. The Morgan fingerprint density at radius 3 is 2.12 bits per heavy atom. The molecule has 0 aliphatic carbocycles. The minimum Gasteiger partial charge on any atom is -0.207 e. The highest BCUT2D eigenvalue weighted by molar-refractivity contribution is 7.19. The summed E-state index contributed by atoms with van der Waals surface area (Å²) in [4.78, 5) is 0.243. The maximum Gasteiger partial charge on any atom is 0.235 e. The van der Waals surface area contributed by atoms with E-state index in [9.17, 15) is 17.6 Å². The first-order valence-electron chi connectivity index (χ1n) is 6.66. The van der Waals surface area contributed by atoms with Crippen molar-refractivity contribution >= 4 is 16.3 Å². The molecule has 0 radical (unpaired) electrons. The van der Waals surface area contributed by atoms with E-state index in [0.29, 0.717) is 0 Å². The standard InChI is InChI=1S/C15H6F4N4S/c16-7-1-3-11(18)9(5-7)13-20-21-15-23(13)22-14(24-15)10-6-8(17)2-4-12(10)19/h1-6H. The molecule has 0 spiro atoms. The fourth-order valence-corrected chi connectivity index (χ4v) is 3.08. The molecule has 2 heterocycles. The molecule has 0 saturated heterocycles. The maximum atomic E-state index is 13.9. The van der Waals surface area contributed by atoms with E-state index in [1.54, 1.807) is 0 Å². The van der Waals surface area contributed by atoms with Crippen molar-refractivity contribution in [2.45, 2.75) is 0 Å². The number of hydrogen-bond acceptors (Lipinski definition) is 4. The van der Waals surface area contributed by atoms with Crippen LogP contribution in [-0.4, -0.2) is 19.8 Å². The molecule has 0 bridgehead atoms. The number of nitrogens with zero attached hydrogens (tertiary/aromatic N) is 4. The van der Waals surface area contributed by atoms with Crippen LogP contribution in [0, 0.1) is 23.3 Å². The average Bonchev–Trinajstić information content (AvgIpc) is 3.12. The lowest BCUT2D eigenvalue weighted by Gasteiger charge is -2.00. The zero-order chi connectivity index (χ0) is 16.8. The Morgan fingerprint density at radius 2 is 1.42 bits per heavy atom. The third kappa shape index (κ3) is 2.33. The quantitative estimate of drug-likeness (QED) is 0.512. The van der Waals surface area contributed by atoms with E-state index in [-0.39, 0.29) is 26.9 Å². The third-order valence-electron chi connectivity index (χ3n) is 3.32. The van der Waals surface area contributed by atoms with E-state index in [4.69, 9.17) is 0 Å². The molecule has 0 saturated carbocycles. The fraction of sp³-hybridized carbons (Fsp3) is 0. The SMILES string of the molecule is Fc1ccc(F)c(-c2nn3c(-c4cc(F)ccc4F)nnc3s2)c1. The summed E-state index contributed by atoms with van der Waals surface area (Å²) in [6, 6.07) is 5.89. The number of hydrogen-bond donors (Lipinski definition) is 0. The first-order chi connectivity index (χ1) is 11.5. The van der Waals surface area contributed by atoms with Gasteiger partial charge >= 0.3 is 0 Å². The first-order valence-corrected chi connectivity index (χ1v) is 7.47. The molecule has 120 valence electrons. The van der Waals surface area contributed by atoms with Crippen LogP contribution in [0.2, 0.25) is 0 Å². The number of benzene rings is 2. The topological polar surface area (TPSA) is 43.1 Å². The van der Waals surface area contributed by atoms with Crippen LogP contribution in [0.4, 0.5) is 17.6 Å². The van der Waals surface area contributed by atoms with Crippen molar-refractivity contribution in [3.8, 4) is 22.0 Å². The minimum absolute atomic E-state index is 0.0266. The zero-order valence-electron chi connectivity index (χ0n) is 11.7. The van der Waals surface area contributed by atoms with Crippen LogP contribution >= 0.6 is 11.3 Å². The lowest BCUT2D eigenvalue weighted by molar-refractivity contribution is 0.601. The molecule has 2 aromatic heterocycles. The number of halogens is 4. The molecule has 2 aromatic carbocycles. The summed E-state index contributed by atoms with van der Waals surface area (Å²) in [5.74, 6) is -2.64. The molecule has 4 nitrogen and oxygen atoms in total. The summed E-state index contributed by atoms with van der Waals surface area (Å²) in [7, 11) is 0. The average molecular weight is 350 g/mol. The van der Waals surface area contributed by atoms with E-state index in [1.807, 2.05) is 0 Å². The van der Waals surface area contributed by atoms with E-state index >= 15 is 0 Å². The molecule has 0 atom stereocenters. The van der Waals surface area contributed by atoms with Gasteiger partial charge in [0.15, 0.2) is 10.8 Å². The lowest BCUT2D eigenvalue weighted by Crippen LogP contribution is -1.95. The van der Waals surface area contributed by atoms with Gasteiger partial charge in [0.05, 0.1) is 11.1 Å². The van der Waals surface area contributed by atoms with Crippen LogP contribution in [0.1, 0.15) is 0 Å². The van der Waals surface area contributed by atoms with Gasteiger partial charge in [-0.25, -0.2) is 17.6 Å². The van der Waals surface area contributed by atoms with Crippen LogP contribution in [0.15, 0.2) is 36.4 Å². The second-order valence-corrected chi connectivity index (χ2v) is 5.83. The van der Waals surface area contributed by atoms with Gasteiger partial charge in [-0.1, -0.05) is 11.3 Å². The zero-order valence-corrected chi connectivity index (χ0v) is 12.5. The van der Waals surface area contributed by atoms with E-state index in [1.165, 1.54) is 4.52 Å². The molecule has 9 heteroatoms. The van der Waals surface area contributed by atoms with Crippen molar-refractivity contribution in [3.05, 3.63) is 59.7 Å². The molecular formula is C15H6F4N4S. The minimum atomic E-state index is -0.697. The maximum absolute atomic E-state index is 13.9. The highest BCUT2D eigenvalue weighted by Crippen LogP contribution is 2.31. The van der Waals surface area contributed by atoms with Crippen LogP contribution in [0.5, 0.6) is 0 Å². The summed E-state index contributed by atoms with van der Waals surface area (Å²) >= 11 is 0.954. The number of fused-ring (bicyclic) bond motifs is 1. The largest absolute Gasteiger partial charge is 0.235 e. The molecule has 24 heavy (non-hydrogen) atoms. The highest BCUT2D eigenvalue weighted by Gasteiger charge is 2.19. The normalized spacial score (nSPS) is 11.3. The Kier molecular flexibility index (Phi) is 3.31. The molecule has 0 N–H and O–H groups in total. The van der Waals surface area contributed by atoms with Crippen LogP contribution < -0.4 is 0 Å². The number of aromatic nitrogens is 4. The summed E-state index contributed by atoms with van der Waals surface area (Å²) in [6.45, 7) is 0. The molecule has 0 fully saturated rings. The van der Waals surface area contributed by atoms with Gasteiger partial charge in [0.1, 0.15) is 23.3 Å². The van der Waals surface area contributed by atoms with Gasteiger partial charge in [-0.05, 0) is 36.4 Å². The lowest BCUT2D eigenvalue weighted by atomic mass is 10.2. The van der Waals surface area contributed by atoms with Gasteiger partial charge in [-0.2, -0.15) is 9.61 Å². The van der Waals surface area contributed by atoms with E-state index in [0.717, 1.165) is 47.7 Å². The van der Waals surface area contributed by atoms with Gasteiger partial charge in [0.2, 0.25) is 4.96 Å². The van der Waals surface area contributed by atoms with Gasteiger partial charge < -0.3 is 0 Å². The van der Waals surface area contributed by atoms with Gasteiger partial charge in [-0.3, -0.25) is 0 Å². The summed E-state index contributed by atoms with van der Waals surface area (Å²) in [5, 5.41) is 11.9. The monoisotopic (exact) mass is 350 g/mol. The molecule has 4 aromatic rings. The van der Waals surface area contributed by atoms with E-state index in [2.05, 4.69) is 15.3 Å². The second-order valence-electron chi connectivity index (χ2n) is 4.87. The Bertz CT molecular complexity index is 1070. The Hall–Kier alpha value is -2.81. The third-order valence-corrected chi connectivity index (χ3v) is 4.25. The van der Waals surface area contributed by atoms with Crippen molar-refractivity contribution < 1.29 is 17.6 Å². The van der Waals surface area contributed by atoms with E-state index < -0.39 is 23.3 Å². The van der Waals surface area contributed by atoms with Crippen molar-refractivity contribution in [3.63, 3.8) is 0 Å². The summed E-state index contributed by atoms with van der Waals surface area (Å²) in [5.41, 5.74) is -0.171. The van der Waals surface area contributed by atoms with Crippen LogP contribution in [-0.2, 0) is 0 Å². The summed E-state index contributed by atoms with van der Waals surface area (Å²) in [6.07, 6.45) is 0. The Labute approximate surface area is 136 Å². The molecular weight excluding hydrogens is 344 g/mol. The van der Waals surface area contributed by atoms with Gasteiger partial charge in [0.25, 0.3) is 0 Å². The molecule has 0 amide bonds. The predicted octanol–water partition coefficient (Wildman–Crippen LogP) is 4.08. The van der Waals surface area contributed by atoms with Crippen LogP contribution in [0.25, 0.3) is 26.9 Å². The van der Waals surface area contributed by atoms with Gasteiger partial charge in [-0.15, -0.1) is 10.2 Å². The molecule has 0 aliphatic rings.